The van der Waals surface area contributed by atoms with Crippen molar-refractivity contribution in [1.29, 1.82) is 5.41 Å². The van der Waals surface area contributed by atoms with Gasteiger partial charge in [0.05, 0.1) is 13.0 Å². The summed E-state index contributed by atoms with van der Waals surface area (Å²) in [5.41, 5.74) is 7.69. The van der Waals surface area contributed by atoms with Gasteiger partial charge >= 0.3 is 12.0 Å². The van der Waals surface area contributed by atoms with Crippen molar-refractivity contribution in [3.05, 3.63) is 83.4 Å². The van der Waals surface area contributed by atoms with Gasteiger partial charge in [0.15, 0.2) is 0 Å². The van der Waals surface area contributed by atoms with Crippen LogP contribution in [0.1, 0.15) is 23.1 Å². The molecule has 1 aliphatic rings. The summed E-state index contributed by atoms with van der Waals surface area (Å²) in [6.07, 6.45) is -0.451. The van der Waals surface area contributed by atoms with Crippen molar-refractivity contribution in [2.45, 2.75) is 25.6 Å². The van der Waals surface area contributed by atoms with Crippen LogP contribution in [0.5, 0.6) is 0 Å². The molecule has 1 aliphatic heterocycles. The van der Waals surface area contributed by atoms with Gasteiger partial charge in [-0.3, -0.25) is 19.9 Å². The molecule has 3 amide bonds. The average molecular weight is 430 g/mol. The van der Waals surface area contributed by atoms with E-state index in [0.717, 1.165) is 26.8 Å². The Kier molecular flexibility index (Phi) is 5.59. The monoisotopic (exact) mass is 430 g/mol. The van der Waals surface area contributed by atoms with Gasteiger partial charge < -0.3 is 15.7 Å². The molecule has 0 aromatic heterocycles. The van der Waals surface area contributed by atoms with Crippen molar-refractivity contribution >= 4 is 34.5 Å². The van der Waals surface area contributed by atoms with Crippen LogP contribution in [0.3, 0.4) is 0 Å². The van der Waals surface area contributed by atoms with E-state index < -0.39 is 30.4 Å². The van der Waals surface area contributed by atoms with Gasteiger partial charge in [-0.2, -0.15) is 0 Å². The largest absolute Gasteiger partial charge is 0.481 e. The number of carboxylic acid groups (broad SMARTS) is 1. The Morgan fingerprint density at radius 3 is 2.34 bits per heavy atom. The number of fused-ring (bicyclic) bond motifs is 1. The topological polar surface area (TPSA) is 128 Å². The number of benzene rings is 3. The summed E-state index contributed by atoms with van der Waals surface area (Å²) < 4.78 is 0. The van der Waals surface area contributed by atoms with Gasteiger partial charge in [0.25, 0.3) is 5.91 Å². The van der Waals surface area contributed by atoms with Gasteiger partial charge in [-0.15, -0.1) is 0 Å². The van der Waals surface area contributed by atoms with Gasteiger partial charge in [0.2, 0.25) is 0 Å². The third kappa shape index (κ3) is 4.15. The Labute approximate surface area is 184 Å². The molecule has 4 N–H and O–H groups in total. The number of nitrogens with zero attached hydrogens (tertiary/aromatic N) is 2. The van der Waals surface area contributed by atoms with Crippen LogP contribution in [-0.4, -0.2) is 44.7 Å². The minimum absolute atomic E-state index is 0.0271. The standard InChI is InChI=1S/C24H22N4O4/c25-22(26)18-9-8-17-7-6-16(10-19(17)11-18)14-28-23(31)20(12-21(29)30)27(24(28)32)13-15-4-2-1-3-5-15/h1-11,20H,12-14H2,(H3,25,26)(H,29,30). The van der Waals surface area contributed by atoms with Crippen LogP contribution in [0.15, 0.2) is 66.7 Å². The zero-order valence-corrected chi connectivity index (χ0v) is 17.2. The highest BCUT2D eigenvalue weighted by Crippen LogP contribution is 2.26. The number of nitrogens with two attached hydrogens (primary N) is 1. The number of hydrogen-bond donors (Lipinski definition) is 3. The number of nitrogen functional groups attached to an aromatic ring is 1. The molecule has 8 nitrogen and oxygen atoms in total. The molecule has 1 saturated heterocycles. The SMILES string of the molecule is N=C(N)c1ccc2ccc(CN3C(=O)C(CC(=O)O)N(Cc4ccccc4)C3=O)cc2c1. The van der Waals surface area contributed by atoms with E-state index in [1.165, 1.54) is 4.90 Å². The molecular weight excluding hydrogens is 408 g/mol. The molecule has 32 heavy (non-hydrogen) atoms. The summed E-state index contributed by atoms with van der Waals surface area (Å²) >= 11 is 0. The summed E-state index contributed by atoms with van der Waals surface area (Å²) in [5, 5.41) is 18.7. The predicted octanol–water partition coefficient (Wildman–Crippen LogP) is 2.93. The van der Waals surface area contributed by atoms with Gasteiger partial charge in [0.1, 0.15) is 11.9 Å². The first kappa shape index (κ1) is 21.0. The summed E-state index contributed by atoms with van der Waals surface area (Å²) in [7, 11) is 0. The van der Waals surface area contributed by atoms with E-state index in [1.54, 1.807) is 12.1 Å². The first-order valence-corrected chi connectivity index (χ1v) is 10.1. The number of rotatable bonds is 7. The van der Waals surface area contributed by atoms with E-state index in [0.29, 0.717) is 5.56 Å². The van der Waals surface area contributed by atoms with Gasteiger partial charge in [-0.25, -0.2) is 4.79 Å². The van der Waals surface area contributed by atoms with E-state index in [4.69, 9.17) is 11.1 Å². The first-order valence-electron chi connectivity index (χ1n) is 10.1. The fourth-order valence-corrected chi connectivity index (χ4v) is 3.91. The quantitative estimate of drug-likeness (QED) is 0.302. The second kappa shape index (κ2) is 8.50. The highest BCUT2D eigenvalue weighted by atomic mass is 16.4. The lowest BCUT2D eigenvalue weighted by Crippen LogP contribution is -2.36. The molecule has 3 aromatic carbocycles. The van der Waals surface area contributed by atoms with Crippen LogP contribution < -0.4 is 5.73 Å². The molecular formula is C24H22N4O4. The molecule has 0 aliphatic carbocycles. The molecule has 1 unspecified atom stereocenters. The van der Waals surface area contributed by atoms with Gasteiger partial charge in [0, 0.05) is 12.1 Å². The maximum atomic E-state index is 13.1. The number of carbonyl (C=O) groups excluding carboxylic acids is 2. The highest BCUT2D eigenvalue weighted by Gasteiger charge is 2.45. The van der Waals surface area contributed by atoms with Crippen LogP contribution in [0, 0.1) is 5.41 Å². The van der Waals surface area contributed by atoms with Crippen molar-refractivity contribution in [2.24, 2.45) is 5.73 Å². The van der Waals surface area contributed by atoms with E-state index >= 15 is 0 Å². The van der Waals surface area contributed by atoms with Crippen molar-refractivity contribution in [3.63, 3.8) is 0 Å². The number of amidine groups is 1. The van der Waals surface area contributed by atoms with Crippen molar-refractivity contribution in [3.8, 4) is 0 Å². The van der Waals surface area contributed by atoms with Crippen LogP contribution in [0.25, 0.3) is 10.8 Å². The molecule has 0 radical (unpaired) electrons. The third-order valence-corrected chi connectivity index (χ3v) is 5.52. The van der Waals surface area contributed by atoms with Gasteiger partial charge in [-0.05, 0) is 34.0 Å². The highest BCUT2D eigenvalue weighted by molar-refractivity contribution is 6.05. The molecule has 162 valence electrons. The summed E-state index contributed by atoms with van der Waals surface area (Å²) in [6.45, 7) is 0.179. The molecule has 3 aromatic rings. The normalized spacial score (nSPS) is 16.1. The Bertz CT molecular complexity index is 1230. The number of hydrogen-bond acceptors (Lipinski definition) is 4. The Balaban J connectivity index is 1.62. The maximum absolute atomic E-state index is 13.1. The van der Waals surface area contributed by atoms with Crippen molar-refractivity contribution < 1.29 is 19.5 Å². The lowest BCUT2D eigenvalue weighted by atomic mass is 10.0. The van der Waals surface area contributed by atoms with E-state index in [-0.39, 0.29) is 18.9 Å². The van der Waals surface area contributed by atoms with Crippen LogP contribution in [-0.2, 0) is 22.7 Å². The number of carbonyl (C=O) groups is 3. The molecule has 0 saturated carbocycles. The smallest absolute Gasteiger partial charge is 0.328 e. The summed E-state index contributed by atoms with van der Waals surface area (Å²) in [6, 6.07) is 18.5. The van der Waals surface area contributed by atoms with E-state index in [1.807, 2.05) is 54.6 Å². The Morgan fingerprint density at radius 2 is 1.66 bits per heavy atom. The average Bonchev–Trinajstić information content (AvgIpc) is 2.98. The number of nitrogens with one attached hydrogen (secondary N) is 1. The maximum Gasteiger partial charge on any atom is 0.328 e. The summed E-state index contributed by atoms with van der Waals surface area (Å²) in [4.78, 5) is 39.9. The van der Waals surface area contributed by atoms with Crippen molar-refractivity contribution in [1.82, 2.24) is 9.80 Å². The zero-order valence-electron chi connectivity index (χ0n) is 17.2. The van der Waals surface area contributed by atoms with Crippen LogP contribution in [0.4, 0.5) is 4.79 Å². The molecule has 1 atom stereocenters. The zero-order chi connectivity index (χ0) is 22.8. The molecule has 4 rings (SSSR count). The predicted molar refractivity (Wildman–Crippen MR) is 119 cm³/mol. The number of amides is 3. The number of imide groups is 1. The van der Waals surface area contributed by atoms with Crippen LogP contribution >= 0.6 is 0 Å². The Hall–Kier alpha value is -4.20. The number of carboxylic acids is 1. The molecule has 0 bridgehead atoms. The molecule has 8 heteroatoms. The van der Waals surface area contributed by atoms with Crippen molar-refractivity contribution in [2.75, 3.05) is 0 Å². The minimum atomic E-state index is -1.14. The second-order valence-corrected chi connectivity index (χ2v) is 7.74. The fourth-order valence-electron chi connectivity index (χ4n) is 3.91. The third-order valence-electron chi connectivity index (χ3n) is 5.52. The molecule has 0 spiro atoms. The molecule has 1 heterocycles. The Morgan fingerprint density at radius 1 is 0.938 bits per heavy atom. The first-order chi connectivity index (χ1) is 15.3. The van der Waals surface area contributed by atoms with Crippen LogP contribution in [0.2, 0.25) is 0 Å². The number of aliphatic carboxylic acids is 1. The second-order valence-electron chi connectivity index (χ2n) is 7.74. The van der Waals surface area contributed by atoms with E-state index in [2.05, 4.69) is 0 Å². The fraction of sp³-hybridized carbons (Fsp3) is 0.167. The lowest BCUT2D eigenvalue weighted by molar-refractivity contribution is -0.141. The minimum Gasteiger partial charge on any atom is -0.481 e. The summed E-state index contributed by atoms with van der Waals surface area (Å²) in [5.74, 6) is -1.71. The molecule has 1 fully saturated rings. The van der Waals surface area contributed by atoms with Gasteiger partial charge in [-0.1, -0.05) is 54.6 Å². The number of urea groups is 1. The van der Waals surface area contributed by atoms with E-state index in [9.17, 15) is 19.5 Å². The lowest BCUT2D eigenvalue weighted by Gasteiger charge is -2.21.